The van der Waals surface area contributed by atoms with E-state index in [1.54, 1.807) is 0 Å². The molecule has 1 aliphatic carbocycles. The zero-order valence-corrected chi connectivity index (χ0v) is 12.9. The average Bonchev–Trinajstić information content (AvgIpc) is 3.25. The van der Waals surface area contributed by atoms with E-state index in [2.05, 4.69) is 18.5 Å². The number of carboxylic acid groups (broad SMARTS) is 1. The summed E-state index contributed by atoms with van der Waals surface area (Å²) < 4.78 is 0. The molecule has 5 heteroatoms. The van der Waals surface area contributed by atoms with Crippen LogP contribution in [0.5, 0.6) is 0 Å². The van der Waals surface area contributed by atoms with E-state index < -0.39 is 5.97 Å². The van der Waals surface area contributed by atoms with Crippen LogP contribution in [0.3, 0.4) is 0 Å². The lowest BCUT2D eigenvalue weighted by atomic mass is 10.1. The molecule has 0 heterocycles. The Bertz CT molecular complexity index is 603. The van der Waals surface area contributed by atoms with Crippen molar-refractivity contribution < 1.29 is 14.7 Å². The minimum atomic E-state index is -1.13. The molecule has 1 saturated carbocycles. The fourth-order valence-electron chi connectivity index (χ4n) is 1.64. The number of carboxylic acids is 1. The molecule has 1 aliphatic rings. The third-order valence-corrected chi connectivity index (χ3v) is 3.48. The van der Waals surface area contributed by atoms with Crippen LogP contribution in [-0.4, -0.2) is 16.9 Å². The molecule has 0 aromatic rings. The second-order valence-corrected chi connectivity index (χ2v) is 5.11. The molecule has 0 atom stereocenters. The highest BCUT2D eigenvalue weighted by Gasteiger charge is 2.21. The molecule has 0 bridgehead atoms. The second kappa shape index (κ2) is 7.09. The Balaban J connectivity index is 3.18. The maximum Gasteiger partial charge on any atom is 0.335 e. The predicted molar refractivity (Wildman–Crippen MR) is 83.7 cm³/mol. The number of allylic oxidation sites excluding steroid dienone is 4. The molecular weight excluding hydrogens is 290 g/mol. The van der Waals surface area contributed by atoms with Gasteiger partial charge in [-0.15, -0.1) is 0 Å². The summed E-state index contributed by atoms with van der Waals surface area (Å²) in [6.07, 6.45) is 4.75. The van der Waals surface area contributed by atoms with Gasteiger partial charge in [0.05, 0.1) is 11.3 Å². The summed E-state index contributed by atoms with van der Waals surface area (Å²) in [6.45, 7) is 10.3. The van der Waals surface area contributed by atoms with Crippen molar-refractivity contribution in [3.05, 3.63) is 58.5 Å². The zero-order chi connectivity index (χ0) is 16.2. The lowest BCUT2D eigenvalue weighted by Crippen LogP contribution is -2.17. The molecule has 0 saturated heterocycles. The Labute approximate surface area is 129 Å². The molecule has 0 aromatic heterocycles. The van der Waals surface area contributed by atoms with Gasteiger partial charge in [0.1, 0.15) is 5.03 Å². The summed E-state index contributed by atoms with van der Waals surface area (Å²) in [5.41, 5.74) is 2.94. The minimum absolute atomic E-state index is 0.0839. The van der Waals surface area contributed by atoms with Crippen LogP contribution in [0.4, 0.5) is 0 Å². The average molecular weight is 308 g/mol. The third kappa shape index (κ3) is 4.76. The summed E-state index contributed by atoms with van der Waals surface area (Å²) >= 11 is 6.08. The minimum Gasteiger partial charge on any atom is -0.478 e. The first-order valence-electron chi connectivity index (χ1n) is 6.41. The molecule has 1 rings (SSSR count). The number of nitrogens with one attached hydrogen (secondary N) is 1. The first-order chi connectivity index (χ1) is 9.77. The molecular formula is C16H18ClNO3. The van der Waals surface area contributed by atoms with E-state index in [1.807, 2.05) is 6.92 Å². The number of aliphatic carboxylic acids is 1. The van der Waals surface area contributed by atoms with Gasteiger partial charge in [-0.3, -0.25) is 4.79 Å². The molecule has 2 N–H and O–H groups in total. The molecule has 0 radical (unpaired) electrons. The Morgan fingerprint density at radius 3 is 2.29 bits per heavy atom. The van der Waals surface area contributed by atoms with Crippen molar-refractivity contribution in [2.24, 2.45) is 0 Å². The number of rotatable bonds is 7. The van der Waals surface area contributed by atoms with Crippen molar-refractivity contribution in [1.82, 2.24) is 5.32 Å². The highest BCUT2D eigenvalue weighted by atomic mass is 35.5. The van der Waals surface area contributed by atoms with Crippen LogP contribution < -0.4 is 5.32 Å². The monoisotopic (exact) mass is 307 g/mol. The van der Waals surface area contributed by atoms with Crippen molar-refractivity contribution in [2.75, 3.05) is 0 Å². The molecule has 0 aromatic carbocycles. The SMILES string of the molecule is C=C/C(=C\C(=C)C(=O)O)N/C(C(C)=C1CC1)=C(\Cl)C(C)=O. The van der Waals surface area contributed by atoms with Crippen molar-refractivity contribution in [1.29, 1.82) is 0 Å². The number of hydrogen-bond acceptors (Lipinski definition) is 3. The van der Waals surface area contributed by atoms with Gasteiger partial charge in [-0.1, -0.05) is 30.3 Å². The van der Waals surface area contributed by atoms with Crippen LogP contribution in [-0.2, 0) is 9.59 Å². The van der Waals surface area contributed by atoms with Crippen LogP contribution in [0.25, 0.3) is 0 Å². The second-order valence-electron chi connectivity index (χ2n) is 4.73. The number of ketones is 1. The maximum absolute atomic E-state index is 11.5. The van der Waals surface area contributed by atoms with E-state index in [1.165, 1.54) is 24.6 Å². The Morgan fingerprint density at radius 2 is 1.90 bits per heavy atom. The van der Waals surface area contributed by atoms with Crippen LogP contribution in [0, 0.1) is 0 Å². The Kier molecular flexibility index (Phi) is 5.73. The normalized spacial score (nSPS) is 15.0. The fraction of sp³-hybridized carbons (Fsp3) is 0.250. The van der Waals surface area contributed by atoms with E-state index in [-0.39, 0.29) is 16.4 Å². The predicted octanol–water partition coefficient (Wildman–Crippen LogP) is 3.44. The van der Waals surface area contributed by atoms with Gasteiger partial charge in [-0.25, -0.2) is 4.79 Å². The van der Waals surface area contributed by atoms with E-state index >= 15 is 0 Å². The molecule has 21 heavy (non-hydrogen) atoms. The smallest absolute Gasteiger partial charge is 0.335 e. The summed E-state index contributed by atoms with van der Waals surface area (Å²) in [6, 6.07) is 0. The van der Waals surface area contributed by atoms with Crippen molar-refractivity contribution >= 4 is 23.4 Å². The summed E-state index contributed by atoms with van der Waals surface area (Å²) in [5, 5.41) is 11.9. The van der Waals surface area contributed by atoms with Gasteiger partial charge < -0.3 is 10.4 Å². The fourth-order valence-corrected chi connectivity index (χ4v) is 1.83. The lowest BCUT2D eigenvalue weighted by molar-refractivity contribution is -0.132. The number of Topliss-reactive ketones (excluding diaryl/α,β-unsaturated/α-hetero) is 1. The van der Waals surface area contributed by atoms with Gasteiger partial charge in [0.2, 0.25) is 0 Å². The molecule has 0 aliphatic heterocycles. The number of halogens is 1. The number of hydrogen-bond donors (Lipinski definition) is 2. The quantitative estimate of drug-likeness (QED) is 0.558. The van der Waals surface area contributed by atoms with E-state index in [9.17, 15) is 9.59 Å². The molecule has 112 valence electrons. The van der Waals surface area contributed by atoms with E-state index in [0.717, 1.165) is 18.4 Å². The van der Waals surface area contributed by atoms with Crippen LogP contribution in [0.2, 0.25) is 0 Å². The number of carbonyl (C=O) groups is 2. The molecule has 0 unspecified atom stereocenters. The topological polar surface area (TPSA) is 66.4 Å². The lowest BCUT2D eigenvalue weighted by Gasteiger charge is -2.14. The van der Waals surface area contributed by atoms with Crippen molar-refractivity contribution in [2.45, 2.75) is 26.7 Å². The van der Waals surface area contributed by atoms with Gasteiger partial charge in [0, 0.05) is 12.6 Å². The van der Waals surface area contributed by atoms with Gasteiger partial charge in [0.15, 0.2) is 5.78 Å². The maximum atomic E-state index is 11.5. The van der Waals surface area contributed by atoms with Crippen LogP contribution >= 0.6 is 11.6 Å². The molecule has 0 spiro atoms. The number of carbonyl (C=O) groups excluding carboxylic acids is 1. The molecule has 1 fully saturated rings. The van der Waals surface area contributed by atoms with E-state index in [4.69, 9.17) is 16.7 Å². The third-order valence-electron chi connectivity index (χ3n) is 3.03. The summed E-state index contributed by atoms with van der Waals surface area (Å²) in [7, 11) is 0. The van der Waals surface area contributed by atoms with Gasteiger partial charge in [0.25, 0.3) is 0 Å². The molecule has 4 nitrogen and oxygen atoms in total. The van der Waals surface area contributed by atoms with Crippen LogP contribution in [0.1, 0.15) is 26.7 Å². The first-order valence-corrected chi connectivity index (χ1v) is 6.78. The highest BCUT2D eigenvalue weighted by molar-refractivity contribution is 6.42. The molecule has 0 amide bonds. The van der Waals surface area contributed by atoms with Crippen molar-refractivity contribution in [3.63, 3.8) is 0 Å². The first kappa shape index (κ1) is 17.0. The van der Waals surface area contributed by atoms with Crippen LogP contribution in [0.15, 0.2) is 58.5 Å². The standard InChI is InChI=1S/C16H18ClNO3/c1-5-13(8-9(2)16(20)21)18-15(14(17)11(4)19)10(3)12-6-7-12/h5,8,18H,1-2,6-7H2,3-4H3,(H,20,21)/b13-8+,15-14-. The summed E-state index contributed by atoms with van der Waals surface area (Å²) in [4.78, 5) is 22.3. The summed E-state index contributed by atoms with van der Waals surface area (Å²) in [5.74, 6) is -1.39. The van der Waals surface area contributed by atoms with Gasteiger partial charge >= 0.3 is 5.97 Å². The largest absolute Gasteiger partial charge is 0.478 e. The van der Waals surface area contributed by atoms with Gasteiger partial charge in [-0.05, 0) is 37.5 Å². The Hall–Kier alpha value is -2.07. The zero-order valence-electron chi connectivity index (χ0n) is 12.1. The van der Waals surface area contributed by atoms with Crippen molar-refractivity contribution in [3.8, 4) is 0 Å². The Morgan fingerprint density at radius 1 is 1.33 bits per heavy atom. The van der Waals surface area contributed by atoms with E-state index in [0.29, 0.717) is 11.4 Å². The highest BCUT2D eigenvalue weighted by Crippen LogP contribution is 2.35. The van der Waals surface area contributed by atoms with Gasteiger partial charge in [-0.2, -0.15) is 0 Å².